The van der Waals surface area contributed by atoms with Gasteiger partial charge >= 0.3 is 0 Å². The molecular formula is C21H16ClF2N3O2. The molecule has 0 aliphatic rings. The third-order valence-corrected chi connectivity index (χ3v) is 5.58. The molecule has 2 heterocycles. The molecule has 2 aromatic carbocycles. The van der Waals surface area contributed by atoms with E-state index in [1.807, 2.05) is 18.2 Å². The van der Waals surface area contributed by atoms with Crippen molar-refractivity contribution >= 4 is 39.2 Å². The number of amides is 1. The van der Waals surface area contributed by atoms with Gasteiger partial charge < -0.3 is 14.9 Å². The molecule has 0 bridgehead atoms. The van der Waals surface area contributed by atoms with Crippen LogP contribution in [0.1, 0.15) is 29.0 Å². The first-order valence-corrected chi connectivity index (χ1v) is 9.21. The van der Waals surface area contributed by atoms with Gasteiger partial charge in [-0.25, -0.2) is 8.78 Å². The standard InChI is InChI=1S/C21H16ClF2N3O2/c1-10(14-9-25-20(28)13-8-16(24)15(23)7-12(13)14)27(2)21(29)19-18(22)11-5-3-4-6-17(11)26-19/h3-10,26H,1-2H3,(H,25,28)/t10-/m1/s1. The molecule has 2 aromatic heterocycles. The number of aromatic amines is 2. The first kappa shape index (κ1) is 19.1. The summed E-state index contributed by atoms with van der Waals surface area (Å²) in [4.78, 5) is 32.1. The summed E-state index contributed by atoms with van der Waals surface area (Å²) in [7, 11) is 1.58. The summed E-state index contributed by atoms with van der Waals surface area (Å²) < 4.78 is 27.4. The molecule has 0 aliphatic carbocycles. The Morgan fingerprint density at radius 2 is 1.76 bits per heavy atom. The number of halogens is 3. The van der Waals surface area contributed by atoms with Crippen molar-refractivity contribution in [3.63, 3.8) is 0 Å². The van der Waals surface area contributed by atoms with E-state index in [2.05, 4.69) is 9.97 Å². The lowest BCUT2D eigenvalue weighted by molar-refractivity contribution is 0.0738. The van der Waals surface area contributed by atoms with Gasteiger partial charge in [-0.15, -0.1) is 0 Å². The molecular weight excluding hydrogens is 400 g/mol. The zero-order valence-electron chi connectivity index (χ0n) is 15.5. The van der Waals surface area contributed by atoms with Crippen LogP contribution in [0.25, 0.3) is 21.7 Å². The predicted octanol–water partition coefficient (Wildman–Crippen LogP) is 4.77. The quantitative estimate of drug-likeness (QED) is 0.506. The number of nitrogens with zero attached hydrogens (tertiary/aromatic N) is 1. The number of fused-ring (bicyclic) bond motifs is 2. The number of para-hydroxylation sites is 1. The van der Waals surface area contributed by atoms with Crippen LogP contribution in [-0.4, -0.2) is 27.8 Å². The van der Waals surface area contributed by atoms with Crippen molar-refractivity contribution in [3.05, 3.63) is 80.9 Å². The zero-order chi connectivity index (χ0) is 20.9. The Labute approximate surface area is 168 Å². The molecule has 0 fully saturated rings. The molecule has 2 N–H and O–H groups in total. The van der Waals surface area contributed by atoms with Gasteiger partial charge in [-0.2, -0.15) is 0 Å². The molecule has 0 unspecified atom stereocenters. The van der Waals surface area contributed by atoms with Gasteiger partial charge in [0.05, 0.1) is 16.5 Å². The summed E-state index contributed by atoms with van der Waals surface area (Å²) in [5.41, 5.74) is 0.895. The second-order valence-corrected chi connectivity index (χ2v) is 7.21. The molecule has 5 nitrogen and oxygen atoms in total. The number of hydrogen-bond donors (Lipinski definition) is 2. The largest absolute Gasteiger partial charge is 0.349 e. The number of benzene rings is 2. The van der Waals surface area contributed by atoms with Gasteiger partial charge in [-0.1, -0.05) is 29.8 Å². The summed E-state index contributed by atoms with van der Waals surface area (Å²) in [6.45, 7) is 1.73. The molecule has 4 aromatic rings. The Kier molecular flexibility index (Phi) is 4.62. The Bertz CT molecular complexity index is 1330. The van der Waals surface area contributed by atoms with E-state index in [1.54, 1.807) is 20.0 Å². The van der Waals surface area contributed by atoms with Gasteiger partial charge in [0.25, 0.3) is 11.5 Å². The van der Waals surface area contributed by atoms with Gasteiger partial charge in [0.15, 0.2) is 11.6 Å². The second-order valence-electron chi connectivity index (χ2n) is 6.84. The topological polar surface area (TPSA) is 69.0 Å². The summed E-state index contributed by atoms with van der Waals surface area (Å²) in [5, 5.41) is 1.29. The van der Waals surface area contributed by atoms with E-state index in [-0.39, 0.29) is 22.4 Å². The van der Waals surface area contributed by atoms with Gasteiger partial charge in [0, 0.05) is 24.1 Å². The zero-order valence-corrected chi connectivity index (χ0v) is 16.3. The van der Waals surface area contributed by atoms with Crippen LogP contribution >= 0.6 is 11.6 Å². The molecule has 0 spiro atoms. The van der Waals surface area contributed by atoms with Gasteiger partial charge in [-0.05, 0) is 36.1 Å². The third kappa shape index (κ3) is 3.07. The van der Waals surface area contributed by atoms with E-state index >= 15 is 0 Å². The number of aromatic nitrogens is 2. The summed E-state index contributed by atoms with van der Waals surface area (Å²) in [6, 6.07) is 8.54. The highest BCUT2D eigenvalue weighted by Crippen LogP contribution is 2.31. The van der Waals surface area contributed by atoms with E-state index < -0.39 is 23.2 Å². The van der Waals surface area contributed by atoms with Crippen LogP contribution in [-0.2, 0) is 0 Å². The Hall–Kier alpha value is -3.19. The van der Waals surface area contributed by atoms with E-state index in [4.69, 9.17) is 11.6 Å². The lowest BCUT2D eigenvalue weighted by Crippen LogP contribution is -2.30. The minimum absolute atomic E-state index is 0.0118. The van der Waals surface area contributed by atoms with Crippen molar-refractivity contribution in [1.82, 2.24) is 14.9 Å². The number of rotatable bonds is 3. The maximum Gasteiger partial charge on any atom is 0.272 e. The fraction of sp³-hybridized carbons (Fsp3) is 0.143. The number of carbonyl (C=O) groups excluding carboxylic acids is 1. The third-order valence-electron chi connectivity index (χ3n) is 5.18. The number of nitrogens with one attached hydrogen (secondary N) is 2. The van der Waals surface area contributed by atoms with Crippen molar-refractivity contribution in [2.75, 3.05) is 7.05 Å². The maximum absolute atomic E-state index is 13.8. The van der Waals surface area contributed by atoms with Gasteiger partial charge in [-0.3, -0.25) is 9.59 Å². The van der Waals surface area contributed by atoms with Crippen LogP contribution in [0.3, 0.4) is 0 Å². The summed E-state index contributed by atoms with van der Waals surface area (Å²) >= 11 is 6.38. The molecule has 8 heteroatoms. The van der Waals surface area contributed by atoms with Crippen molar-refractivity contribution in [2.24, 2.45) is 0 Å². The first-order valence-electron chi connectivity index (χ1n) is 8.83. The average Bonchev–Trinajstić information content (AvgIpc) is 3.05. The SMILES string of the molecule is C[C@H](c1c[nH]c(=O)c2cc(F)c(F)cc12)N(C)C(=O)c1[nH]c2ccccc2c1Cl. The monoisotopic (exact) mass is 415 g/mol. The highest BCUT2D eigenvalue weighted by Gasteiger charge is 2.25. The lowest BCUT2D eigenvalue weighted by Gasteiger charge is -2.26. The van der Waals surface area contributed by atoms with Crippen molar-refractivity contribution < 1.29 is 13.6 Å². The first-order chi connectivity index (χ1) is 13.8. The second kappa shape index (κ2) is 7.00. The molecule has 0 aliphatic heterocycles. The molecule has 29 heavy (non-hydrogen) atoms. The van der Waals surface area contributed by atoms with Crippen molar-refractivity contribution in [3.8, 4) is 0 Å². The molecule has 0 radical (unpaired) electrons. The van der Waals surface area contributed by atoms with Gasteiger partial charge in [0.1, 0.15) is 5.69 Å². The van der Waals surface area contributed by atoms with Crippen LogP contribution in [0, 0.1) is 11.6 Å². The average molecular weight is 416 g/mol. The van der Waals surface area contributed by atoms with Crippen LogP contribution < -0.4 is 5.56 Å². The predicted molar refractivity (Wildman–Crippen MR) is 108 cm³/mol. The van der Waals surface area contributed by atoms with E-state index in [0.29, 0.717) is 10.6 Å². The summed E-state index contributed by atoms with van der Waals surface area (Å²) in [6.07, 6.45) is 1.41. The highest BCUT2D eigenvalue weighted by atomic mass is 35.5. The van der Waals surface area contributed by atoms with Crippen molar-refractivity contribution in [2.45, 2.75) is 13.0 Å². The highest BCUT2D eigenvalue weighted by molar-refractivity contribution is 6.38. The van der Waals surface area contributed by atoms with Crippen LogP contribution in [0.5, 0.6) is 0 Å². The molecule has 4 rings (SSSR count). The van der Waals surface area contributed by atoms with Crippen LogP contribution in [0.4, 0.5) is 8.78 Å². The van der Waals surface area contributed by atoms with Gasteiger partial charge in [0.2, 0.25) is 0 Å². The Balaban J connectivity index is 1.78. The Morgan fingerprint density at radius 1 is 1.10 bits per heavy atom. The minimum atomic E-state index is -1.11. The number of carbonyl (C=O) groups is 1. The molecule has 148 valence electrons. The number of pyridine rings is 1. The molecule has 1 amide bonds. The van der Waals surface area contributed by atoms with Crippen LogP contribution in [0.2, 0.25) is 5.02 Å². The van der Waals surface area contributed by atoms with Crippen molar-refractivity contribution in [1.29, 1.82) is 0 Å². The van der Waals surface area contributed by atoms with E-state index in [9.17, 15) is 18.4 Å². The fourth-order valence-electron chi connectivity index (χ4n) is 3.43. The minimum Gasteiger partial charge on any atom is -0.349 e. The Morgan fingerprint density at radius 3 is 2.45 bits per heavy atom. The van der Waals surface area contributed by atoms with E-state index in [0.717, 1.165) is 23.0 Å². The number of hydrogen-bond acceptors (Lipinski definition) is 2. The smallest absolute Gasteiger partial charge is 0.272 e. The number of H-pyrrole nitrogens is 2. The lowest BCUT2D eigenvalue weighted by atomic mass is 10.0. The van der Waals surface area contributed by atoms with Crippen LogP contribution in [0.15, 0.2) is 47.4 Å². The fourth-order valence-corrected chi connectivity index (χ4v) is 3.73. The maximum atomic E-state index is 13.8. The summed E-state index contributed by atoms with van der Waals surface area (Å²) in [5.74, 6) is -2.55. The van der Waals surface area contributed by atoms with E-state index in [1.165, 1.54) is 11.1 Å². The molecule has 0 saturated heterocycles. The molecule has 1 atom stereocenters. The normalized spacial score (nSPS) is 12.4. The molecule has 0 saturated carbocycles.